The standard InChI is InChI=1S/C13H12F3N5O2/c14-13(15,16)10-7-20(6-9(10)11(22)23)12-17-18-19-21(12)8-4-2-1-3-5-8/h1-5,9-10H,6-7H2,(H,22,23)/t9-,10-/m1/s1. The first kappa shape index (κ1) is 15.3. The zero-order valence-electron chi connectivity index (χ0n) is 11.7. The van der Waals surface area contributed by atoms with E-state index < -0.39 is 30.5 Å². The Balaban J connectivity index is 1.93. The second-order valence-electron chi connectivity index (χ2n) is 5.22. The maximum atomic E-state index is 13.1. The molecule has 0 radical (unpaired) electrons. The first-order valence-corrected chi connectivity index (χ1v) is 6.76. The van der Waals surface area contributed by atoms with E-state index in [0.717, 1.165) is 0 Å². The van der Waals surface area contributed by atoms with Crippen molar-refractivity contribution >= 4 is 11.9 Å². The van der Waals surface area contributed by atoms with Gasteiger partial charge in [0.25, 0.3) is 0 Å². The minimum Gasteiger partial charge on any atom is -0.481 e. The number of rotatable bonds is 3. The molecule has 1 aliphatic rings. The summed E-state index contributed by atoms with van der Waals surface area (Å²) in [5.74, 6) is -4.89. The molecule has 2 heterocycles. The van der Waals surface area contributed by atoms with Gasteiger partial charge in [0.2, 0.25) is 5.95 Å². The molecule has 1 fully saturated rings. The number of carbonyl (C=O) groups is 1. The van der Waals surface area contributed by atoms with Crippen molar-refractivity contribution in [1.29, 1.82) is 0 Å². The zero-order chi connectivity index (χ0) is 16.6. The summed E-state index contributed by atoms with van der Waals surface area (Å²) in [4.78, 5) is 12.4. The minimum atomic E-state index is -4.59. The van der Waals surface area contributed by atoms with E-state index in [2.05, 4.69) is 15.5 Å². The molecule has 23 heavy (non-hydrogen) atoms. The molecule has 10 heteroatoms. The second kappa shape index (κ2) is 5.52. The van der Waals surface area contributed by atoms with Crippen LogP contribution in [0.25, 0.3) is 5.69 Å². The number of benzene rings is 1. The SMILES string of the molecule is O=C(O)[C@@H]1CN(c2nnnn2-c2ccccc2)C[C@H]1C(F)(F)F. The number of aromatic nitrogens is 4. The molecule has 2 atom stereocenters. The van der Waals surface area contributed by atoms with Crippen molar-refractivity contribution in [2.75, 3.05) is 18.0 Å². The van der Waals surface area contributed by atoms with Crippen LogP contribution in [0.15, 0.2) is 30.3 Å². The Bertz CT molecular complexity index is 703. The maximum absolute atomic E-state index is 13.1. The predicted molar refractivity (Wildman–Crippen MR) is 72.0 cm³/mol. The number of nitrogens with zero attached hydrogens (tertiary/aromatic N) is 5. The third kappa shape index (κ3) is 2.83. The molecule has 7 nitrogen and oxygen atoms in total. The number of carboxylic acids is 1. The lowest BCUT2D eigenvalue weighted by atomic mass is 9.96. The van der Waals surface area contributed by atoms with Gasteiger partial charge in [-0.2, -0.15) is 17.9 Å². The molecule has 0 aliphatic carbocycles. The number of halogens is 3. The predicted octanol–water partition coefficient (Wildman–Crippen LogP) is 1.36. The van der Waals surface area contributed by atoms with E-state index in [-0.39, 0.29) is 12.5 Å². The van der Waals surface area contributed by atoms with E-state index in [0.29, 0.717) is 5.69 Å². The van der Waals surface area contributed by atoms with Gasteiger partial charge in [0.15, 0.2) is 0 Å². The Labute approximate surface area is 128 Å². The Morgan fingerprint density at radius 3 is 2.48 bits per heavy atom. The number of alkyl halides is 3. The highest BCUT2D eigenvalue weighted by Gasteiger charge is 2.53. The van der Waals surface area contributed by atoms with Gasteiger partial charge < -0.3 is 10.0 Å². The van der Waals surface area contributed by atoms with E-state index >= 15 is 0 Å². The van der Waals surface area contributed by atoms with Gasteiger partial charge in [0, 0.05) is 13.1 Å². The second-order valence-corrected chi connectivity index (χ2v) is 5.22. The highest BCUT2D eigenvalue weighted by molar-refractivity contribution is 5.72. The van der Waals surface area contributed by atoms with Gasteiger partial charge in [-0.3, -0.25) is 4.79 Å². The quantitative estimate of drug-likeness (QED) is 0.916. The zero-order valence-corrected chi connectivity index (χ0v) is 11.7. The molecule has 2 aromatic rings. The molecule has 1 N–H and O–H groups in total. The molecule has 1 aliphatic heterocycles. The highest BCUT2D eigenvalue weighted by atomic mass is 19.4. The molecule has 0 amide bonds. The largest absolute Gasteiger partial charge is 0.481 e. The number of tetrazole rings is 1. The van der Waals surface area contributed by atoms with Crippen LogP contribution in [0.2, 0.25) is 0 Å². The van der Waals surface area contributed by atoms with Crippen LogP contribution in [0.3, 0.4) is 0 Å². The number of anilines is 1. The van der Waals surface area contributed by atoms with Gasteiger partial charge in [0.05, 0.1) is 17.5 Å². The molecule has 3 rings (SSSR count). The third-order valence-electron chi connectivity index (χ3n) is 3.79. The summed E-state index contributed by atoms with van der Waals surface area (Å²) in [6, 6.07) is 8.66. The number of carboxylic acid groups (broad SMARTS) is 1. The van der Waals surface area contributed by atoms with E-state index in [1.807, 2.05) is 0 Å². The highest BCUT2D eigenvalue weighted by Crippen LogP contribution is 2.39. The van der Waals surface area contributed by atoms with E-state index in [1.54, 1.807) is 30.3 Å². The molecule has 0 bridgehead atoms. The van der Waals surface area contributed by atoms with Crippen LogP contribution in [0.1, 0.15) is 0 Å². The smallest absolute Gasteiger partial charge is 0.394 e. The minimum absolute atomic E-state index is 0.0919. The molecule has 1 aromatic heterocycles. The summed E-state index contributed by atoms with van der Waals surface area (Å²) in [6.45, 7) is -0.791. The van der Waals surface area contributed by atoms with E-state index in [1.165, 1.54) is 9.58 Å². The summed E-state index contributed by atoms with van der Waals surface area (Å²) in [7, 11) is 0. The van der Waals surface area contributed by atoms with Crippen LogP contribution < -0.4 is 4.90 Å². The van der Waals surface area contributed by atoms with Crippen LogP contribution in [-0.2, 0) is 4.79 Å². The number of para-hydroxylation sites is 1. The Morgan fingerprint density at radius 2 is 1.91 bits per heavy atom. The lowest BCUT2D eigenvalue weighted by Crippen LogP contribution is -2.33. The fourth-order valence-electron chi connectivity index (χ4n) is 2.66. The molecule has 0 unspecified atom stereocenters. The number of hydrogen-bond acceptors (Lipinski definition) is 5. The number of aliphatic carboxylic acids is 1. The van der Waals surface area contributed by atoms with E-state index in [4.69, 9.17) is 5.11 Å². The Morgan fingerprint density at radius 1 is 1.22 bits per heavy atom. The van der Waals surface area contributed by atoms with Crippen LogP contribution >= 0.6 is 0 Å². The van der Waals surface area contributed by atoms with Gasteiger partial charge >= 0.3 is 12.1 Å². The van der Waals surface area contributed by atoms with Crippen molar-refractivity contribution in [3.8, 4) is 5.69 Å². The van der Waals surface area contributed by atoms with Crippen LogP contribution in [-0.4, -0.2) is 50.5 Å². The van der Waals surface area contributed by atoms with Gasteiger partial charge in [-0.15, -0.1) is 0 Å². The van der Waals surface area contributed by atoms with Crippen LogP contribution in [0.5, 0.6) is 0 Å². The normalized spacial score (nSPS) is 21.6. The number of hydrogen-bond donors (Lipinski definition) is 1. The van der Waals surface area contributed by atoms with Gasteiger partial charge in [-0.05, 0) is 22.6 Å². The molecular weight excluding hydrogens is 315 g/mol. The van der Waals surface area contributed by atoms with Gasteiger partial charge in [-0.25, -0.2) is 0 Å². The fourth-order valence-corrected chi connectivity index (χ4v) is 2.66. The van der Waals surface area contributed by atoms with Crippen molar-refractivity contribution in [3.63, 3.8) is 0 Å². The Hall–Kier alpha value is -2.65. The summed E-state index contributed by atoms with van der Waals surface area (Å²) in [6.07, 6.45) is -4.59. The summed E-state index contributed by atoms with van der Waals surface area (Å²) >= 11 is 0. The Kier molecular flexibility index (Phi) is 3.66. The topological polar surface area (TPSA) is 84.1 Å². The van der Waals surface area contributed by atoms with Crippen molar-refractivity contribution in [3.05, 3.63) is 30.3 Å². The van der Waals surface area contributed by atoms with Gasteiger partial charge in [-0.1, -0.05) is 23.3 Å². The third-order valence-corrected chi connectivity index (χ3v) is 3.79. The molecular formula is C13H12F3N5O2. The van der Waals surface area contributed by atoms with Crippen molar-refractivity contribution in [2.45, 2.75) is 6.18 Å². The lowest BCUT2D eigenvalue weighted by molar-refractivity contribution is -0.187. The van der Waals surface area contributed by atoms with Crippen molar-refractivity contribution in [2.24, 2.45) is 11.8 Å². The average molecular weight is 327 g/mol. The molecule has 122 valence electrons. The summed E-state index contributed by atoms with van der Waals surface area (Å²) in [5, 5.41) is 20.1. The van der Waals surface area contributed by atoms with E-state index in [9.17, 15) is 18.0 Å². The van der Waals surface area contributed by atoms with Crippen molar-refractivity contribution in [1.82, 2.24) is 20.2 Å². The summed E-state index contributed by atoms with van der Waals surface area (Å²) in [5.41, 5.74) is 0.579. The first-order chi connectivity index (χ1) is 10.9. The lowest BCUT2D eigenvalue weighted by Gasteiger charge is -2.18. The van der Waals surface area contributed by atoms with Gasteiger partial charge in [0.1, 0.15) is 0 Å². The van der Waals surface area contributed by atoms with Crippen molar-refractivity contribution < 1.29 is 23.1 Å². The summed E-state index contributed by atoms with van der Waals surface area (Å²) < 4.78 is 40.5. The molecule has 0 saturated carbocycles. The van der Waals surface area contributed by atoms with Crippen LogP contribution in [0, 0.1) is 11.8 Å². The first-order valence-electron chi connectivity index (χ1n) is 6.76. The average Bonchev–Trinajstić information content (AvgIpc) is 3.14. The monoisotopic (exact) mass is 327 g/mol. The van der Waals surface area contributed by atoms with Crippen LogP contribution in [0.4, 0.5) is 19.1 Å². The molecule has 1 aromatic carbocycles. The maximum Gasteiger partial charge on any atom is 0.394 e. The molecule has 1 saturated heterocycles. The fraction of sp³-hybridized carbons (Fsp3) is 0.385. The molecule has 0 spiro atoms.